The van der Waals surface area contributed by atoms with Crippen molar-refractivity contribution >= 4 is 17.8 Å². The normalized spacial score (nSPS) is 16.0. The van der Waals surface area contributed by atoms with E-state index < -0.39 is 17.4 Å². The first-order valence-electron chi connectivity index (χ1n) is 6.06. The molecule has 20 heavy (non-hydrogen) atoms. The van der Waals surface area contributed by atoms with Crippen LogP contribution in [0.5, 0.6) is 0 Å². The van der Waals surface area contributed by atoms with Crippen LogP contribution in [0.15, 0.2) is 30.3 Å². The zero-order chi connectivity index (χ0) is 14.8. The third kappa shape index (κ3) is 2.13. The summed E-state index contributed by atoms with van der Waals surface area (Å²) >= 11 is 0. The quantitative estimate of drug-likeness (QED) is 0.593. The Morgan fingerprint density at radius 3 is 1.95 bits per heavy atom. The molecule has 6 heteroatoms. The maximum Gasteiger partial charge on any atom is 0.326 e. The summed E-state index contributed by atoms with van der Waals surface area (Å²) in [7, 11) is 2.41. The molecule has 1 aliphatic heterocycles. The van der Waals surface area contributed by atoms with Gasteiger partial charge >= 0.3 is 11.9 Å². The lowest BCUT2D eigenvalue weighted by molar-refractivity contribution is -0.179. The zero-order valence-electron chi connectivity index (χ0n) is 11.3. The van der Waals surface area contributed by atoms with Crippen molar-refractivity contribution in [1.82, 2.24) is 4.90 Å². The average molecular weight is 277 g/mol. The van der Waals surface area contributed by atoms with E-state index in [1.54, 1.807) is 30.3 Å². The van der Waals surface area contributed by atoms with Gasteiger partial charge in [-0.1, -0.05) is 18.2 Å². The molecule has 1 aromatic carbocycles. The standard InChI is InChI=1S/C14H15NO5/c1-19-12(17)14(13(18)20-2)8-15(9-14)11(16)10-6-4-3-5-7-10/h3-7H,8-9H2,1-2H3. The van der Waals surface area contributed by atoms with Crippen molar-refractivity contribution in [2.24, 2.45) is 5.41 Å². The molecular weight excluding hydrogens is 262 g/mol. The molecule has 0 spiro atoms. The molecule has 0 aliphatic carbocycles. The minimum absolute atomic E-state index is 0.0277. The van der Waals surface area contributed by atoms with E-state index in [2.05, 4.69) is 9.47 Å². The van der Waals surface area contributed by atoms with Gasteiger partial charge in [-0.25, -0.2) is 0 Å². The van der Waals surface area contributed by atoms with E-state index in [4.69, 9.17) is 0 Å². The Morgan fingerprint density at radius 1 is 1.00 bits per heavy atom. The summed E-state index contributed by atoms with van der Waals surface area (Å²) in [5, 5.41) is 0. The van der Waals surface area contributed by atoms with E-state index in [-0.39, 0.29) is 19.0 Å². The molecule has 1 aliphatic rings. The Hall–Kier alpha value is -2.37. The van der Waals surface area contributed by atoms with Gasteiger partial charge < -0.3 is 14.4 Å². The number of rotatable bonds is 3. The highest BCUT2D eigenvalue weighted by atomic mass is 16.5. The predicted octanol–water partition coefficient (Wildman–Crippen LogP) is 0.475. The molecule has 106 valence electrons. The number of carbonyl (C=O) groups excluding carboxylic acids is 3. The summed E-state index contributed by atoms with van der Waals surface area (Å²) in [6, 6.07) is 8.67. The molecule has 1 saturated heterocycles. The lowest BCUT2D eigenvalue weighted by Gasteiger charge is -2.45. The van der Waals surface area contributed by atoms with Crippen LogP contribution in [-0.2, 0) is 19.1 Å². The fraction of sp³-hybridized carbons (Fsp3) is 0.357. The van der Waals surface area contributed by atoms with Gasteiger partial charge in [0.05, 0.1) is 14.2 Å². The monoisotopic (exact) mass is 277 g/mol. The van der Waals surface area contributed by atoms with Gasteiger partial charge in [0.25, 0.3) is 5.91 Å². The second-order valence-corrected chi connectivity index (χ2v) is 4.59. The fourth-order valence-corrected chi connectivity index (χ4v) is 2.24. The van der Waals surface area contributed by atoms with Crippen molar-refractivity contribution in [2.45, 2.75) is 0 Å². The molecule has 0 aromatic heterocycles. The van der Waals surface area contributed by atoms with Crippen LogP contribution in [-0.4, -0.2) is 50.1 Å². The highest BCUT2D eigenvalue weighted by Crippen LogP contribution is 2.34. The molecule has 0 bridgehead atoms. The molecule has 0 saturated carbocycles. The molecule has 1 amide bonds. The minimum Gasteiger partial charge on any atom is -0.468 e. The molecule has 0 N–H and O–H groups in total. The van der Waals surface area contributed by atoms with Crippen LogP contribution in [0.2, 0.25) is 0 Å². The van der Waals surface area contributed by atoms with Crippen molar-refractivity contribution in [2.75, 3.05) is 27.3 Å². The maximum atomic E-state index is 12.2. The number of carbonyl (C=O) groups is 3. The van der Waals surface area contributed by atoms with Gasteiger partial charge in [0.1, 0.15) is 0 Å². The van der Waals surface area contributed by atoms with E-state index in [0.717, 1.165) is 0 Å². The van der Waals surface area contributed by atoms with Gasteiger partial charge in [-0.05, 0) is 12.1 Å². The number of methoxy groups -OCH3 is 2. The van der Waals surface area contributed by atoms with E-state index in [0.29, 0.717) is 5.56 Å². The first kappa shape index (κ1) is 14.0. The number of ether oxygens (including phenoxy) is 2. The fourth-order valence-electron chi connectivity index (χ4n) is 2.24. The predicted molar refractivity (Wildman–Crippen MR) is 68.8 cm³/mol. The summed E-state index contributed by atoms with van der Waals surface area (Å²) in [4.78, 5) is 37.1. The minimum atomic E-state index is -1.39. The van der Waals surface area contributed by atoms with Crippen LogP contribution in [0.25, 0.3) is 0 Å². The maximum absolute atomic E-state index is 12.2. The number of likely N-dealkylation sites (tertiary alicyclic amines) is 1. The van der Waals surface area contributed by atoms with Crippen molar-refractivity contribution in [3.05, 3.63) is 35.9 Å². The van der Waals surface area contributed by atoms with E-state index in [9.17, 15) is 14.4 Å². The van der Waals surface area contributed by atoms with Crippen LogP contribution in [0.1, 0.15) is 10.4 Å². The second-order valence-electron chi connectivity index (χ2n) is 4.59. The number of esters is 2. The van der Waals surface area contributed by atoms with Crippen molar-refractivity contribution in [1.29, 1.82) is 0 Å². The third-order valence-electron chi connectivity index (χ3n) is 3.38. The van der Waals surface area contributed by atoms with Gasteiger partial charge in [0.15, 0.2) is 5.41 Å². The van der Waals surface area contributed by atoms with E-state index in [1.165, 1.54) is 19.1 Å². The van der Waals surface area contributed by atoms with Crippen LogP contribution >= 0.6 is 0 Å². The highest BCUT2D eigenvalue weighted by molar-refractivity contribution is 6.05. The molecule has 1 fully saturated rings. The van der Waals surface area contributed by atoms with Crippen LogP contribution < -0.4 is 0 Å². The molecule has 0 unspecified atom stereocenters. The van der Waals surface area contributed by atoms with Crippen molar-refractivity contribution in [3.8, 4) is 0 Å². The Balaban J connectivity index is 2.13. The molecular formula is C14H15NO5. The Labute approximate surface area is 116 Å². The number of hydrogen-bond acceptors (Lipinski definition) is 5. The summed E-state index contributed by atoms with van der Waals surface area (Å²) < 4.78 is 9.27. The van der Waals surface area contributed by atoms with Gasteiger partial charge in [-0.15, -0.1) is 0 Å². The first-order chi connectivity index (χ1) is 9.55. The molecule has 0 radical (unpaired) electrons. The van der Waals surface area contributed by atoms with Gasteiger partial charge in [0.2, 0.25) is 0 Å². The number of amides is 1. The number of nitrogens with zero attached hydrogens (tertiary/aromatic N) is 1. The van der Waals surface area contributed by atoms with Gasteiger partial charge in [-0.2, -0.15) is 0 Å². The van der Waals surface area contributed by atoms with Gasteiger partial charge in [-0.3, -0.25) is 14.4 Å². The summed E-state index contributed by atoms with van der Waals surface area (Å²) in [6.45, 7) is -0.0554. The molecule has 6 nitrogen and oxygen atoms in total. The van der Waals surface area contributed by atoms with E-state index in [1.807, 2.05) is 0 Å². The largest absolute Gasteiger partial charge is 0.468 e. The van der Waals surface area contributed by atoms with Crippen LogP contribution in [0.3, 0.4) is 0 Å². The average Bonchev–Trinajstić information content (AvgIpc) is 2.46. The number of hydrogen-bond donors (Lipinski definition) is 0. The smallest absolute Gasteiger partial charge is 0.326 e. The second kappa shape index (κ2) is 5.32. The highest BCUT2D eigenvalue weighted by Gasteiger charge is 2.59. The summed E-state index contributed by atoms with van der Waals surface area (Å²) in [6.07, 6.45) is 0. The third-order valence-corrected chi connectivity index (χ3v) is 3.38. The number of benzene rings is 1. The lowest BCUT2D eigenvalue weighted by Crippen LogP contribution is -2.66. The summed E-state index contributed by atoms with van der Waals surface area (Å²) in [5.74, 6) is -1.59. The first-order valence-corrected chi connectivity index (χ1v) is 6.06. The van der Waals surface area contributed by atoms with Crippen molar-refractivity contribution in [3.63, 3.8) is 0 Å². The molecule has 2 rings (SSSR count). The van der Waals surface area contributed by atoms with Crippen LogP contribution in [0.4, 0.5) is 0 Å². The van der Waals surface area contributed by atoms with Gasteiger partial charge in [0, 0.05) is 18.7 Å². The molecule has 1 aromatic rings. The molecule has 1 heterocycles. The molecule has 0 atom stereocenters. The SMILES string of the molecule is COC(=O)C1(C(=O)OC)CN(C(=O)c2ccccc2)C1. The van der Waals surface area contributed by atoms with E-state index >= 15 is 0 Å². The summed E-state index contributed by atoms with van der Waals surface area (Å²) in [5.41, 5.74) is -0.885. The Kier molecular flexibility index (Phi) is 3.74. The Morgan fingerprint density at radius 2 is 1.50 bits per heavy atom. The zero-order valence-corrected chi connectivity index (χ0v) is 11.3. The lowest BCUT2D eigenvalue weighted by atomic mass is 9.79. The topological polar surface area (TPSA) is 72.9 Å². The van der Waals surface area contributed by atoms with Crippen LogP contribution in [0, 0.1) is 5.41 Å². The Bertz CT molecular complexity index is 516. The van der Waals surface area contributed by atoms with Crippen molar-refractivity contribution < 1.29 is 23.9 Å².